The number of carbonyl (C=O) groups is 1. The summed E-state index contributed by atoms with van der Waals surface area (Å²) in [6.07, 6.45) is 0. The molecule has 0 atom stereocenters. The van der Waals surface area contributed by atoms with E-state index in [9.17, 15) is 9.18 Å². The Morgan fingerprint density at radius 1 is 1.00 bits per heavy atom. The number of halogens is 1. The maximum absolute atomic E-state index is 13.4. The molecular weight excluding hydrogens is 427 g/mol. The Hall–Kier alpha value is -3.65. The minimum atomic E-state index is -0.319. The zero-order chi connectivity index (χ0) is 22.3. The Morgan fingerprint density at radius 2 is 1.72 bits per heavy atom. The summed E-state index contributed by atoms with van der Waals surface area (Å²) in [7, 11) is 0. The van der Waals surface area contributed by atoms with Crippen LogP contribution in [-0.4, -0.2) is 33.0 Å². The fourth-order valence-corrected chi connectivity index (χ4v) is 3.84. The van der Waals surface area contributed by atoms with Crippen LogP contribution in [0, 0.1) is 5.82 Å². The van der Waals surface area contributed by atoms with Crippen molar-refractivity contribution in [3.8, 4) is 22.8 Å². The van der Waals surface area contributed by atoms with Crippen LogP contribution in [0.25, 0.3) is 17.1 Å². The monoisotopic (exact) mass is 448 g/mol. The molecule has 3 aromatic carbocycles. The van der Waals surface area contributed by atoms with E-state index in [1.165, 1.54) is 23.9 Å². The smallest absolute Gasteiger partial charge is 0.234 e. The summed E-state index contributed by atoms with van der Waals surface area (Å²) in [6, 6.07) is 22.9. The molecule has 4 rings (SSSR count). The van der Waals surface area contributed by atoms with Crippen LogP contribution in [0.1, 0.15) is 6.92 Å². The largest absolute Gasteiger partial charge is 0.494 e. The minimum Gasteiger partial charge on any atom is -0.494 e. The first-order valence-electron chi connectivity index (χ1n) is 10.1. The summed E-state index contributed by atoms with van der Waals surface area (Å²) < 4.78 is 20.7. The van der Waals surface area contributed by atoms with Gasteiger partial charge in [0.25, 0.3) is 0 Å². The lowest BCUT2D eigenvalue weighted by Gasteiger charge is -2.10. The van der Waals surface area contributed by atoms with Crippen molar-refractivity contribution in [2.45, 2.75) is 12.1 Å². The molecule has 1 N–H and O–H groups in total. The minimum absolute atomic E-state index is 0.154. The number of carbonyl (C=O) groups excluding carboxylic acids is 1. The second kappa shape index (κ2) is 10.1. The Bertz CT molecular complexity index is 1180. The lowest BCUT2D eigenvalue weighted by atomic mass is 10.2. The first-order chi connectivity index (χ1) is 15.6. The Kier molecular flexibility index (Phi) is 6.81. The third-order valence-corrected chi connectivity index (χ3v) is 5.46. The van der Waals surface area contributed by atoms with E-state index < -0.39 is 0 Å². The molecule has 32 heavy (non-hydrogen) atoms. The number of nitrogens with one attached hydrogen (secondary N) is 1. The topological polar surface area (TPSA) is 69.0 Å². The van der Waals surface area contributed by atoms with E-state index in [4.69, 9.17) is 4.74 Å². The average Bonchev–Trinajstić information content (AvgIpc) is 3.24. The highest BCUT2D eigenvalue weighted by Gasteiger charge is 2.17. The zero-order valence-electron chi connectivity index (χ0n) is 17.4. The first kappa shape index (κ1) is 21.6. The second-order valence-electron chi connectivity index (χ2n) is 6.78. The molecule has 0 fully saturated rings. The molecule has 0 aliphatic heterocycles. The van der Waals surface area contributed by atoms with Gasteiger partial charge in [-0.25, -0.2) is 4.39 Å². The van der Waals surface area contributed by atoms with Gasteiger partial charge in [-0.15, -0.1) is 10.2 Å². The van der Waals surface area contributed by atoms with E-state index in [2.05, 4.69) is 15.5 Å². The number of hydrogen-bond acceptors (Lipinski definition) is 5. The zero-order valence-corrected chi connectivity index (χ0v) is 18.2. The number of aromatic nitrogens is 3. The second-order valence-corrected chi connectivity index (χ2v) is 7.72. The third-order valence-electron chi connectivity index (χ3n) is 4.53. The highest BCUT2D eigenvalue weighted by atomic mass is 32.2. The SMILES string of the molecule is CCOc1ccc(NC(=O)CSc2nnc(-c3ccc(F)cc3)n2-c2ccccc2)cc1. The van der Waals surface area contributed by atoms with Crippen LogP contribution in [0.3, 0.4) is 0 Å². The van der Waals surface area contributed by atoms with E-state index in [-0.39, 0.29) is 17.5 Å². The lowest BCUT2D eigenvalue weighted by Crippen LogP contribution is -2.14. The van der Waals surface area contributed by atoms with Gasteiger partial charge < -0.3 is 10.1 Å². The molecule has 0 saturated heterocycles. The fourth-order valence-electron chi connectivity index (χ4n) is 3.09. The molecule has 0 spiro atoms. The van der Waals surface area contributed by atoms with Crippen LogP contribution in [-0.2, 0) is 4.79 Å². The lowest BCUT2D eigenvalue weighted by molar-refractivity contribution is -0.113. The number of nitrogens with zero attached hydrogens (tertiary/aromatic N) is 3. The standard InChI is InChI=1S/C24H21FN4O2S/c1-2-31-21-14-12-19(13-15-21)26-22(30)16-32-24-28-27-23(17-8-10-18(25)11-9-17)29(24)20-6-4-3-5-7-20/h3-15H,2,16H2,1H3,(H,26,30). The Balaban J connectivity index is 1.52. The van der Waals surface area contributed by atoms with E-state index in [0.717, 1.165) is 17.0 Å². The van der Waals surface area contributed by atoms with E-state index in [1.54, 1.807) is 24.3 Å². The summed E-state index contributed by atoms with van der Waals surface area (Å²) in [4.78, 5) is 12.5. The van der Waals surface area contributed by atoms with Crippen LogP contribution in [0.5, 0.6) is 5.75 Å². The van der Waals surface area contributed by atoms with Gasteiger partial charge in [0, 0.05) is 16.9 Å². The van der Waals surface area contributed by atoms with Crippen LogP contribution < -0.4 is 10.1 Å². The molecular formula is C24H21FN4O2S. The first-order valence-corrected chi connectivity index (χ1v) is 11.0. The maximum atomic E-state index is 13.4. The van der Waals surface area contributed by atoms with Gasteiger partial charge in [0.05, 0.1) is 12.4 Å². The summed E-state index contributed by atoms with van der Waals surface area (Å²) in [5, 5.41) is 12.0. The molecule has 0 bridgehead atoms. The molecule has 0 unspecified atom stereocenters. The van der Waals surface area contributed by atoms with Crippen LogP contribution in [0.4, 0.5) is 10.1 Å². The van der Waals surface area contributed by atoms with Crippen molar-refractivity contribution in [3.05, 3.63) is 84.7 Å². The van der Waals surface area contributed by atoms with Crippen molar-refractivity contribution >= 4 is 23.4 Å². The number of anilines is 1. The molecule has 1 amide bonds. The molecule has 162 valence electrons. The number of hydrogen-bond donors (Lipinski definition) is 1. The van der Waals surface area contributed by atoms with E-state index >= 15 is 0 Å². The van der Waals surface area contributed by atoms with Crippen molar-refractivity contribution < 1.29 is 13.9 Å². The molecule has 4 aromatic rings. The summed E-state index contributed by atoms with van der Waals surface area (Å²) in [5.74, 6) is 1.00. The molecule has 0 aliphatic carbocycles. The molecule has 0 radical (unpaired) electrons. The number of benzene rings is 3. The molecule has 1 heterocycles. The summed E-state index contributed by atoms with van der Waals surface area (Å²) in [6.45, 7) is 2.51. The number of thioether (sulfide) groups is 1. The predicted molar refractivity (Wildman–Crippen MR) is 124 cm³/mol. The van der Waals surface area contributed by atoms with Gasteiger partial charge >= 0.3 is 0 Å². The van der Waals surface area contributed by atoms with Gasteiger partial charge in [-0.3, -0.25) is 9.36 Å². The Morgan fingerprint density at radius 3 is 2.41 bits per heavy atom. The van der Waals surface area contributed by atoms with Crippen LogP contribution in [0.15, 0.2) is 84.0 Å². The number of rotatable bonds is 8. The van der Waals surface area contributed by atoms with Crippen LogP contribution in [0.2, 0.25) is 0 Å². The van der Waals surface area contributed by atoms with Gasteiger partial charge in [-0.1, -0.05) is 30.0 Å². The van der Waals surface area contributed by atoms with Crippen molar-refractivity contribution in [2.75, 3.05) is 17.7 Å². The number of amides is 1. The van der Waals surface area contributed by atoms with Gasteiger partial charge in [-0.2, -0.15) is 0 Å². The molecule has 6 nitrogen and oxygen atoms in total. The predicted octanol–water partition coefficient (Wildman–Crippen LogP) is 5.20. The normalized spacial score (nSPS) is 10.7. The van der Waals surface area contributed by atoms with E-state index in [1.807, 2.05) is 54.0 Å². The van der Waals surface area contributed by atoms with E-state index in [0.29, 0.717) is 23.3 Å². The quantitative estimate of drug-likeness (QED) is 0.375. The van der Waals surface area contributed by atoms with Crippen molar-refractivity contribution in [3.63, 3.8) is 0 Å². The molecule has 0 aliphatic rings. The van der Waals surface area contributed by atoms with Crippen molar-refractivity contribution in [2.24, 2.45) is 0 Å². The molecule has 0 saturated carbocycles. The van der Waals surface area contributed by atoms with Gasteiger partial charge in [0.15, 0.2) is 11.0 Å². The summed E-state index contributed by atoms with van der Waals surface area (Å²) >= 11 is 1.28. The highest BCUT2D eigenvalue weighted by molar-refractivity contribution is 7.99. The van der Waals surface area contributed by atoms with Crippen LogP contribution >= 0.6 is 11.8 Å². The number of para-hydroxylation sites is 1. The average molecular weight is 449 g/mol. The molecule has 1 aromatic heterocycles. The van der Waals surface area contributed by atoms with Gasteiger partial charge in [-0.05, 0) is 67.6 Å². The molecule has 8 heteroatoms. The number of ether oxygens (including phenoxy) is 1. The van der Waals surface area contributed by atoms with Crippen molar-refractivity contribution in [1.29, 1.82) is 0 Å². The van der Waals surface area contributed by atoms with Gasteiger partial charge in [0.2, 0.25) is 5.91 Å². The Labute approximate surface area is 189 Å². The van der Waals surface area contributed by atoms with Gasteiger partial charge in [0.1, 0.15) is 11.6 Å². The fraction of sp³-hybridized carbons (Fsp3) is 0.125. The third kappa shape index (κ3) is 5.15. The van der Waals surface area contributed by atoms with Crippen molar-refractivity contribution in [1.82, 2.24) is 14.8 Å². The maximum Gasteiger partial charge on any atom is 0.234 e. The highest BCUT2D eigenvalue weighted by Crippen LogP contribution is 2.28. The summed E-state index contributed by atoms with van der Waals surface area (Å²) in [5.41, 5.74) is 2.27.